The van der Waals surface area contributed by atoms with Crippen LogP contribution in [0.5, 0.6) is 0 Å². The van der Waals surface area contributed by atoms with Crippen LogP contribution in [-0.2, 0) is 0 Å². The minimum absolute atomic E-state index is 0.181. The van der Waals surface area contributed by atoms with E-state index in [1.807, 2.05) is 12.1 Å². The van der Waals surface area contributed by atoms with E-state index < -0.39 is 11.4 Å². The molecule has 6 heteroatoms. The minimum Gasteiger partial charge on any atom is -0.422 e. The fourth-order valence-corrected chi connectivity index (χ4v) is 2.92. The molecule has 0 bridgehead atoms. The summed E-state index contributed by atoms with van der Waals surface area (Å²) in [4.78, 5) is 16.5. The highest BCUT2D eigenvalue weighted by Crippen LogP contribution is 2.24. The first-order valence-electron chi connectivity index (χ1n) is 6.90. The first-order chi connectivity index (χ1) is 11.0. The van der Waals surface area contributed by atoms with Crippen molar-refractivity contribution in [2.75, 3.05) is 0 Å². The van der Waals surface area contributed by atoms with Gasteiger partial charge in [-0.2, -0.15) is 0 Å². The van der Waals surface area contributed by atoms with Crippen LogP contribution in [0.4, 0.5) is 4.39 Å². The summed E-state index contributed by atoms with van der Waals surface area (Å²) < 4.78 is 21.7. The highest BCUT2D eigenvalue weighted by atomic mass is 79.9. The lowest BCUT2D eigenvalue weighted by molar-refractivity contribution is 0.563. The maximum absolute atomic E-state index is 14.0. The van der Waals surface area contributed by atoms with E-state index in [-0.39, 0.29) is 5.65 Å². The third-order valence-electron chi connectivity index (χ3n) is 3.62. The molecule has 0 aliphatic carbocycles. The Balaban J connectivity index is 1.98. The number of rotatable bonds is 1. The second-order valence-corrected chi connectivity index (χ2v) is 6.27. The molecule has 0 saturated carbocycles. The molecule has 0 radical (unpaired) electrons. The summed E-state index contributed by atoms with van der Waals surface area (Å²) in [7, 11) is 0. The smallest absolute Gasteiger partial charge is 0.345 e. The predicted molar refractivity (Wildman–Crippen MR) is 89.1 cm³/mol. The molecular weight excluding hydrogens is 363 g/mol. The Labute approximate surface area is 138 Å². The van der Waals surface area contributed by atoms with Crippen molar-refractivity contribution in [3.05, 3.63) is 69.0 Å². The van der Waals surface area contributed by atoms with Gasteiger partial charge in [0.2, 0.25) is 0 Å². The Morgan fingerprint density at radius 2 is 2.04 bits per heavy atom. The Kier molecular flexibility index (Phi) is 3.09. The van der Waals surface area contributed by atoms with Gasteiger partial charge in [-0.15, -0.1) is 0 Å². The topological polar surface area (TPSA) is 47.5 Å². The maximum atomic E-state index is 14.0. The van der Waals surface area contributed by atoms with Gasteiger partial charge in [0.25, 0.3) is 0 Å². The summed E-state index contributed by atoms with van der Waals surface area (Å²) in [5.41, 5.74) is 1.62. The van der Waals surface area contributed by atoms with E-state index in [0.717, 1.165) is 15.4 Å². The van der Waals surface area contributed by atoms with Gasteiger partial charge in [-0.3, -0.25) is 0 Å². The van der Waals surface area contributed by atoms with Crippen molar-refractivity contribution >= 4 is 32.5 Å². The zero-order valence-corrected chi connectivity index (χ0v) is 13.6. The van der Waals surface area contributed by atoms with Crippen LogP contribution in [0.1, 0.15) is 5.56 Å². The molecule has 23 heavy (non-hydrogen) atoms. The van der Waals surface area contributed by atoms with Crippen LogP contribution < -0.4 is 5.63 Å². The Hall–Kier alpha value is -2.47. The molecule has 0 fully saturated rings. The summed E-state index contributed by atoms with van der Waals surface area (Å²) in [6.45, 7) is 1.80. The number of nitrogens with zero attached hydrogens (tertiary/aromatic N) is 2. The minimum atomic E-state index is -0.504. The molecule has 4 rings (SSSR count). The fraction of sp³-hybridized carbons (Fsp3) is 0.0588. The lowest BCUT2D eigenvalue weighted by Gasteiger charge is -2.00. The van der Waals surface area contributed by atoms with Crippen LogP contribution in [0.2, 0.25) is 0 Å². The molecule has 3 heterocycles. The van der Waals surface area contributed by atoms with Crippen molar-refractivity contribution in [1.29, 1.82) is 0 Å². The van der Waals surface area contributed by atoms with Gasteiger partial charge in [-0.25, -0.2) is 14.2 Å². The van der Waals surface area contributed by atoms with Gasteiger partial charge < -0.3 is 8.82 Å². The molecule has 1 aromatic carbocycles. The van der Waals surface area contributed by atoms with E-state index in [0.29, 0.717) is 16.8 Å². The van der Waals surface area contributed by atoms with Crippen LogP contribution in [0.15, 0.2) is 56.4 Å². The van der Waals surface area contributed by atoms with Gasteiger partial charge in [0.05, 0.1) is 11.3 Å². The molecule has 3 aromatic heterocycles. The standard InChI is InChI=1S/C17H10BrFN2O2/c1-9-4-13(19)16-20-14(8-21(16)7-9)12-5-10-2-3-11(18)6-15(10)23-17(12)22/h2-8H,1H3. The number of benzene rings is 1. The quantitative estimate of drug-likeness (QED) is 0.467. The predicted octanol–water partition coefficient (Wildman–Crippen LogP) is 4.32. The molecule has 0 N–H and O–H groups in total. The number of halogens is 2. The van der Waals surface area contributed by atoms with Crippen molar-refractivity contribution in [3.63, 3.8) is 0 Å². The third-order valence-corrected chi connectivity index (χ3v) is 4.11. The number of hydrogen-bond donors (Lipinski definition) is 0. The summed E-state index contributed by atoms with van der Waals surface area (Å²) in [5.74, 6) is -0.426. The SMILES string of the molecule is Cc1cc(F)c2nc(-c3cc4ccc(Br)cc4oc3=O)cn2c1. The van der Waals surface area contributed by atoms with E-state index in [1.54, 1.807) is 35.9 Å². The second kappa shape index (κ2) is 5.03. The first kappa shape index (κ1) is 14.1. The van der Waals surface area contributed by atoms with Gasteiger partial charge in [0.15, 0.2) is 11.5 Å². The Morgan fingerprint density at radius 1 is 1.22 bits per heavy atom. The Bertz CT molecular complexity index is 1130. The first-order valence-corrected chi connectivity index (χ1v) is 7.69. The van der Waals surface area contributed by atoms with Crippen LogP contribution in [0, 0.1) is 12.7 Å². The lowest BCUT2D eigenvalue weighted by Crippen LogP contribution is -2.02. The fourth-order valence-electron chi connectivity index (χ4n) is 2.58. The zero-order chi connectivity index (χ0) is 16.1. The van der Waals surface area contributed by atoms with Gasteiger partial charge in [-0.1, -0.05) is 22.0 Å². The molecule has 0 amide bonds. The number of pyridine rings is 1. The highest BCUT2D eigenvalue weighted by Gasteiger charge is 2.14. The maximum Gasteiger partial charge on any atom is 0.345 e. The normalized spacial score (nSPS) is 11.4. The van der Waals surface area contributed by atoms with Crippen LogP contribution in [0.3, 0.4) is 0 Å². The van der Waals surface area contributed by atoms with E-state index in [1.165, 1.54) is 6.07 Å². The molecule has 0 saturated heterocycles. The monoisotopic (exact) mass is 372 g/mol. The van der Waals surface area contributed by atoms with Crippen molar-refractivity contribution in [1.82, 2.24) is 9.38 Å². The van der Waals surface area contributed by atoms with Crippen LogP contribution in [0.25, 0.3) is 27.9 Å². The van der Waals surface area contributed by atoms with E-state index in [9.17, 15) is 9.18 Å². The zero-order valence-electron chi connectivity index (χ0n) is 12.0. The molecule has 4 nitrogen and oxygen atoms in total. The van der Waals surface area contributed by atoms with Crippen molar-refractivity contribution < 1.29 is 8.81 Å². The van der Waals surface area contributed by atoms with E-state index >= 15 is 0 Å². The Morgan fingerprint density at radius 3 is 2.87 bits per heavy atom. The highest BCUT2D eigenvalue weighted by molar-refractivity contribution is 9.10. The molecule has 114 valence electrons. The van der Waals surface area contributed by atoms with Crippen molar-refractivity contribution in [3.8, 4) is 11.3 Å². The second-order valence-electron chi connectivity index (χ2n) is 5.35. The van der Waals surface area contributed by atoms with E-state index in [2.05, 4.69) is 20.9 Å². The van der Waals surface area contributed by atoms with E-state index in [4.69, 9.17) is 4.42 Å². The van der Waals surface area contributed by atoms with Crippen molar-refractivity contribution in [2.24, 2.45) is 0 Å². The van der Waals surface area contributed by atoms with Gasteiger partial charge in [0, 0.05) is 22.3 Å². The van der Waals surface area contributed by atoms with Gasteiger partial charge >= 0.3 is 5.63 Å². The summed E-state index contributed by atoms with van der Waals surface area (Å²) in [6.07, 6.45) is 3.39. The molecule has 0 spiro atoms. The van der Waals surface area contributed by atoms with Crippen LogP contribution in [-0.4, -0.2) is 9.38 Å². The number of aromatic nitrogens is 2. The average Bonchev–Trinajstić information content (AvgIpc) is 2.90. The third kappa shape index (κ3) is 2.35. The molecule has 4 aromatic rings. The molecule has 0 atom stereocenters. The molecule has 0 unspecified atom stereocenters. The number of imidazole rings is 1. The molecular formula is C17H10BrFN2O2. The number of fused-ring (bicyclic) bond motifs is 2. The largest absolute Gasteiger partial charge is 0.422 e. The number of aryl methyl sites for hydroxylation is 1. The van der Waals surface area contributed by atoms with Crippen molar-refractivity contribution in [2.45, 2.75) is 6.92 Å². The van der Waals surface area contributed by atoms with Gasteiger partial charge in [-0.05, 0) is 36.8 Å². The summed E-state index contributed by atoms with van der Waals surface area (Å²) in [5, 5.41) is 0.775. The summed E-state index contributed by atoms with van der Waals surface area (Å²) >= 11 is 3.34. The van der Waals surface area contributed by atoms with Gasteiger partial charge in [0.1, 0.15) is 5.58 Å². The number of hydrogen-bond acceptors (Lipinski definition) is 3. The average molecular weight is 373 g/mol. The van der Waals surface area contributed by atoms with Crippen LogP contribution >= 0.6 is 15.9 Å². The lowest BCUT2D eigenvalue weighted by atomic mass is 10.1. The molecule has 0 aliphatic rings. The molecule has 0 aliphatic heterocycles. The summed E-state index contributed by atoms with van der Waals surface area (Å²) in [6, 6.07) is 8.55.